The van der Waals surface area contributed by atoms with Crippen LogP contribution in [0, 0.1) is 5.82 Å². The molecule has 0 saturated carbocycles. The van der Waals surface area contributed by atoms with Gasteiger partial charge in [0.15, 0.2) is 5.65 Å². The first kappa shape index (κ1) is 19.4. The minimum atomic E-state index is -0.466. The normalized spacial score (nSPS) is 10.7. The van der Waals surface area contributed by atoms with E-state index in [1.807, 2.05) is 28.7 Å². The van der Waals surface area contributed by atoms with Gasteiger partial charge in [0.05, 0.1) is 19.0 Å². The summed E-state index contributed by atoms with van der Waals surface area (Å²) >= 11 is 0. The summed E-state index contributed by atoms with van der Waals surface area (Å²) in [6.07, 6.45) is 5.27. The van der Waals surface area contributed by atoms with Crippen LogP contribution in [-0.4, -0.2) is 33.9 Å². The van der Waals surface area contributed by atoms with E-state index < -0.39 is 5.82 Å². The summed E-state index contributed by atoms with van der Waals surface area (Å²) in [6.45, 7) is 0.332. The number of halogens is 1. The molecule has 0 spiro atoms. The van der Waals surface area contributed by atoms with Gasteiger partial charge in [-0.15, -0.1) is 0 Å². The average molecular weight is 405 g/mol. The Morgan fingerprint density at radius 3 is 2.80 bits per heavy atom. The van der Waals surface area contributed by atoms with E-state index >= 15 is 0 Å². The molecule has 152 valence electrons. The lowest BCUT2D eigenvalue weighted by molar-refractivity contribution is -0.116. The Morgan fingerprint density at radius 2 is 1.97 bits per heavy atom. The topological polar surface area (TPSA) is 80.6 Å². The van der Waals surface area contributed by atoms with E-state index in [0.29, 0.717) is 23.6 Å². The molecule has 0 saturated heterocycles. The molecule has 0 radical (unpaired) electrons. The van der Waals surface area contributed by atoms with E-state index in [2.05, 4.69) is 20.6 Å². The fourth-order valence-corrected chi connectivity index (χ4v) is 3.17. The van der Waals surface area contributed by atoms with Gasteiger partial charge < -0.3 is 15.4 Å². The number of rotatable bonds is 7. The van der Waals surface area contributed by atoms with Crippen molar-refractivity contribution < 1.29 is 13.9 Å². The van der Waals surface area contributed by atoms with Gasteiger partial charge in [0, 0.05) is 30.9 Å². The first-order valence-corrected chi connectivity index (χ1v) is 9.41. The molecule has 0 bridgehead atoms. The minimum Gasteiger partial charge on any atom is -0.496 e. The zero-order valence-corrected chi connectivity index (χ0v) is 16.3. The number of fused-ring (bicyclic) bond motifs is 1. The van der Waals surface area contributed by atoms with Crippen molar-refractivity contribution in [1.29, 1.82) is 0 Å². The third kappa shape index (κ3) is 3.93. The second-order valence-corrected chi connectivity index (χ2v) is 6.52. The molecular formula is C22H20FN5O2. The summed E-state index contributed by atoms with van der Waals surface area (Å²) in [6, 6.07) is 13.7. The molecule has 0 aliphatic heterocycles. The fourth-order valence-electron chi connectivity index (χ4n) is 3.17. The molecule has 2 aromatic heterocycles. The molecule has 0 atom stereocenters. The van der Waals surface area contributed by atoms with Crippen molar-refractivity contribution in [1.82, 2.24) is 14.4 Å². The van der Waals surface area contributed by atoms with E-state index in [-0.39, 0.29) is 18.0 Å². The molecule has 0 unspecified atom stereocenters. The van der Waals surface area contributed by atoms with Gasteiger partial charge in [-0.3, -0.25) is 14.2 Å². The van der Waals surface area contributed by atoms with Crippen LogP contribution in [0.5, 0.6) is 5.75 Å². The Kier molecular flexibility index (Phi) is 5.56. The highest BCUT2D eigenvalue weighted by molar-refractivity contribution is 5.91. The highest BCUT2D eigenvalue weighted by Crippen LogP contribution is 2.34. The number of para-hydroxylation sites is 2. The molecule has 2 aromatic carbocycles. The van der Waals surface area contributed by atoms with Crippen LogP contribution in [0.3, 0.4) is 0 Å². The first-order valence-electron chi connectivity index (χ1n) is 9.41. The third-order valence-corrected chi connectivity index (χ3v) is 4.58. The molecular weight excluding hydrogens is 385 g/mol. The van der Waals surface area contributed by atoms with Crippen molar-refractivity contribution in [3.8, 4) is 17.0 Å². The Bertz CT molecular complexity index is 1190. The van der Waals surface area contributed by atoms with Crippen LogP contribution in [0.25, 0.3) is 16.9 Å². The van der Waals surface area contributed by atoms with Gasteiger partial charge in [0.2, 0.25) is 5.91 Å². The molecule has 4 aromatic rings. The number of amides is 1. The number of aromatic nitrogens is 3. The Hall–Kier alpha value is -3.94. The molecule has 2 N–H and O–H groups in total. The van der Waals surface area contributed by atoms with Crippen LogP contribution in [0.4, 0.5) is 15.9 Å². The molecule has 0 aliphatic carbocycles. The van der Waals surface area contributed by atoms with Gasteiger partial charge in [-0.2, -0.15) is 0 Å². The number of hydrogen-bond donors (Lipinski definition) is 2. The summed E-state index contributed by atoms with van der Waals surface area (Å²) in [7, 11) is 1.61. The van der Waals surface area contributed by atoms with Crippen LogP contribution in [0.15, 0.2) is 67.1 Å². The van der Waals surface area contributed by atoms with Gasteiger partial charge >= 0.3 is 0 Å². The van der Waals surface area contributed by atoms with Crippen molar-refractivity contribution in [2.24, 2.45) is 0 Å². The number of anilines is 2. The maximum absolute atomic E-state index is 13.7. The monoisotopic (exact) mass is 405 g/mol. The molecule has 4 rings (SSSR count). The second kappa shape index (κ2) is 8.60. The quantitative estimate of drug-likeness (QED) is 0.486. The molecule has 1 amide bonds. The molecule has 7 nitrogen and oxygen atoms in total. The van der Waals surface area contributed by atoms with Crippen LogP contribution < -0.4 is 15.4 Å². The molecule has 8 heteroatoms. The molecule has 0 fully saturated rings. The lowest BCUT2D eigenvalue weighted by Gasteiger charge is -2.11. The second-order valence-electron chi connectivity index (χ2n) is 6.52. The van der Waals surface area contributed by atoms with E-state index in [1.165, 1.54) is 12.1 Å². The Morgan fingerprint density at radius 1 is 1.17 bits per heavy atom. The van der Waals surface area contributed by atoms with Gasteiger partial charge in [-0.05, 0) is 24.3 Å². The summed E-state index contributed by atoms with van der Waals surface area (Å²) in [5, 5.41) is 5.87. The zero-order valence-electron chi connectivity index (χ0n) is 16.3. The lowest BCUT2D eigenvalue weighted by atomic mass is 10.1. The van der Waals surface area contributed by atoms with E-state index in [1.54, 1.807) is 37.8 Å². The number of hydrogen-bond acceptors (Lipinski definition) is 5. The zero-order chi connectivity index (χ0) is 20.9. The van der Waals surface area contributed by atoms with Crippen molar-refractivity contribution in [3.63, 3.8) is 0 Å². The molecule has 30 heavy (non-hydrogen) atoms. The Balaban J connectivity index is 1.55. The van der Waals surface area contributed by atoms with Crippen LogP contribution in [0.1, 0.15) is 6.42 Å². The Labute approximate surface area is 172 Å². The van der Waals surface area contributed by atoms with Crippen LogP contribution >= 0.6 is 0 Å². The number of carbonyl (C=O) groups is 1. The SMILES string of the molecule is COc1ccccc1-c1nc2cnccn2c1NCCC(=O)Nc1ccccc1F. The van der Waals surface area contributed by atoms with Gasteiger partial charge in [-0.1, -0.05) is 24.3 Å². The number of benzene rings is 2. The predicted octanol–water partition coefficient (Wildman–Crippen LogP) is 3.98. The average Bonchev–Trinajstić information content (AvgIpc) is 3.14. The number of nitrogens with one attached hydrogen (secondary N) is 2. The minimum absolute atomic E-state index is 0.151. The third-order valence-electron chi connectivity index (χ3n) is 4.58. The maximum Gasteiger partial charge on any atom is 0.226 e. The van der Waals surface area contributed by atoms with Crippen LogP contribution in [-0.2, 0) is 4.79 Å². The largest absolute Gasteiger partial charge is 0.496 e. The van der Waals surface area contributed by atoms with Crippen molar-refractivity contribution >= 4 is 23.1 Å². The molecule has 2 heterocycles. The van der Waals surface area contributed by atoms with Gasteiger partial charge in [-0.25, -0.2) is 9.37 Å². The summed E-state index contributed by atoms with van der Waals surface area (Å²) in [4.78, 5) is 21.0. The maximum atomic E-state index is 13.7. The van der Waals surface area contributed by atoms with E-state index in [0.717, 1.165) is 11.4 Å². The summed E-state index contributed by atoms with van der Waals surface area (Å²) in [5.74, 6) is 0.651. The number of nitrogens with zero attached hydrogens (tertiary/aromatic N) is 3. The first-order chi connectivity index (χ1) is 14.7. The lowest BCUT2D eigenvalue weighted by Crippen LogP contribution is -2.17. The van der Waals surface area contributed by atoms with Crippen molar-refractivity contribution in [2.75, 3.05) is 24.3 Å². The molecule has 0 aliphatic rings. The number of imidazole rings is 1. The number of methoxy groups -OCH3 is 1. The number of ether oxygens (including phenoxy) is 1. The van der Waals surface area contributed by atoms with Gasteiger partial charge in [0.1, 0.15) is 23.1 Å². The van der Waals surface area contributed by atoms with Crippen LogP contribution in [0.2, 0.25) is 0 Å². The van der Waals surface area contributed by atoms with E-state index in [9.17, 15) is 9.18 Å². The van der Waals surface area contributed by atoms with E-state index in [4.69, 9.17) is 4.74 Å². The highest BCUT2D eigenvalue weighted by Gasteiger charge is 2.17. The fraction of sp³-hybridized carbons (Fsp3) is 0.136. The smallest absolute Gasteiger partial charge is 0.226 e. The number of carbonyl (C=O) groups excluding carboxylic acids is 1. The summed E-state index contributed by atoms with van der Waals surface area (Å²) in [5.41, 5.74) is 2.34. The predicted molar refractivity (Wildman–Crippen MR) is 113 cm³/mol. The van der Waals surface area contributed by atoms with Gasteiger partial charge in [0.25, 0.3) is 0 Å². The van der Waals surface area contributed by atoms with Crippen molar-refractivity contribution in [3.05, 3.63) is 72.9 Å². The highest BCUT2D eigenvalue weighted by atomic mass is 19.1. The van der Waals surface area contributed by atoms with Crippen molar-refractivity contribution in [2.45, 2.75) is 6.42 Å². The standard InChI is InChI=1S/C22H20FN5O2/c1-30-18-9-5-2-6-15(18)21-22(28-13-12-24-14-19(28)27-21)25-11-10-20(29)26-17-8-4-3-7-16(17)23/h2-9,12-14,25H,10-11H2,1H3,(H,26,29). The summed E-state index contributed by atoms with van der Waals surface area (Å²) < 4.78 is 21.1.